The summed E-state index contributed by atoms with van der Waals surface area (Å²) in [5, 5.41) is 0. The van der Waals surface area contributed by atoms with Crippen molar-refractivity contribution >= 4 is 17.4 Å². The van der Waals surface area contributed by atoms with Gasteiger partial charge in [0.1, 0.15) is 11.5 Å². The Morgan fingerprint density at radius 2 is 1.77 bits per heavy atom. The molecular formula is C15H18N4O3. The van der Waals surface area contributed by atoms with E-state index in [1.165, 1.54) is 0 Å². The van der Waals surface area contributed by atoms with Crippen LogP contribution in [-0.4, -0.2) is 15.0 Å². The smallest absolute Gasteiger partial charge is 0.339 e. The van der Waals surface area contributed by atoms with Gasteiger partial charge in [0.25, 0.3) is 11.5 Å². The standard InChI is InChI=1S/C15H18N4O3/c1-2-3-9-18-14(21)11(16)12(17)19(15(18)22)13(20)10-7-5-4-6-8-10/h4-8H,2-3,9,16-17H2,1H3. The number of nitrogen functional groups attached to an aromatic ring is 2. The SMILES string of the molecule is CCCCn1c(=O)c(N)c(N)n(C(=O)c2ccccc2)c1=O. The predicted molar refractivity (Wildman–Crippen MR) is 84.9 cm³/mol. The topological polar surface area (TPSA) is 113 Å². The molecule has 7 nitrogen and oxygen atoms in total. The van der Waals surface area contributed by atoms with Crippen molar-refractivity contribution in [3.05, 3.63) is 56.7 Å². The number of nitrogens with zero attached hydrogens (tertiary/aromatic N) is 2. The average Bonchev–Trinajstić information content (AvgIpc) is 2.53. The molecular weight excluding hydrogens is 284 g/mol. The molecule has 0 aliphatic heterocycles. The number of unbranched alkanes of at least 4 members (excludes halogenated alkanes) is 1. The number of nitrogens with two attached hydrogens (primary N) is 2. The fourth-order valence-electron chi connectivity index (χ4n) is 2.11. The number of carbonyl (C=O) groups excluding carboxylic acids is 1. The molecule has 0 saturated carbocycles. The highest BCUT2D eigenvalue weighted by Crippen LogP contribution is 2.10. The fraction of sp³-hybridized carbons (Fsp3) is 0.267. The number of hydrogen-bond acceptors (Lipinski definition) is 5. The molecule has 0 aliphatic rings. The Bertz CT molecular complexity index is 806. The molecule has 0 aliphatic carbocycles. The Kier molecular flexibility index (Phi) is 4.45. The lowest BCUT2D eigenvalue weighted by molar-refractivity contribution is 0.0955. The molecule has 0 bridgehead atoms. The third-order valence-corrected chi connectivity index (χ3v) is 3.37. The highest BCUT2D eigenvalue weighted by molar-refractivity contribution is 5.98. The highest BCUT2D eigenvalue weighted by Gasteiger charge is 2.20. The summed E-state index contributed by atoms with van der Waals surface area (Å²) in [6.45, 7) is 2.13. The first-order valence-corrected chi connectivity index (χ1v) is 6.99. The van der Waals surface area contributed by atoms with Crippen molar-refractivity contribution in [2.45, 2.75) is 26.3 Å². The second kappa shape index (κ2) is 6.30. The number of hydrogen-bond donors (Lipinski definition) is 2. The van der Waals surface area contributed by atoms with Crippen LogP contribution in [0.5, 0.6) is 0 Å². The normalized spacial score (nSPS) is 10.6. The molecule has 116 valence electrons. The largest absolute Gasteiger partial charge is 0.391 e. The van der Waals surface area contributed by atoms with Crippen molar-refractivity contribution in [1.29, 1.82) is 0 Å². The van der Waals surface area contributed by atoms with E-state index in [0.29, 0.717) is 6.42 Å². The molecule has 1 aromatic heterocycles. The van der Waals surface area contributed by atoms with E-state index in [2.05, 4.69) is 0 Å². The summed E-state index contributed by atoms with van der Waals surface area (Å²) in [6, 6.07) is 8.22. The van der Waals surface area contributed by atoms with Crippen LogP contribution in [0.2, 0.25) is 0 Å². The molecule has 0 atom stereocenters. The van der Waals surface area contributed by atoms with Crippen LogP contribution in [0.15, 0.2) is 39.9 Å². The molecule has 0 unspecified atom stereocenters. The van der Waals surface area contributed by atoms with Crippen molar-refractivity contribution in [1.82, 2.24) is 9.13 Å². The molecule has 4 N–H and O–H groups in total. The van der Waals surface area contributed by atoms with Crippen molar-refractivity contribution in [3.8, 4) is 0 Å². The van der Waals surface area contributed by atoms with Gasteiger partial charge in [0.15, 0.2) is 0 Å². The monoisotopic (exact) mass is 302 g/mol. The number of anilines is 2. The van der Waals surface area contributed by atoms with Gasteiger partial charge in [0, 0.05) is 12.1 Å². The van der Waals surface area contributed by atoms with E-state index in [1.807, 2.05) is 6.92 Å². The van der Waals surface area contributed by atoms with Gasteiger partial charge in [-0.15, -0.1) is 0 Å². The van der Waals surface area contributed by atoms with Gasteiger partial charge in [-0.1, -0.05) is 31.5 Å². The van der Waals surface area contributed by atoms with Gasteiger partial charge in [-0.2, -0.15) is 0 Å². The van der Waals surface area contributed by atoms with Crippen LogP contribution in [-0.2, 0) is 6.54 Å². The van der Waals surface area contributed by atoms with Crippen LogP contribution in [0.25, 0.3) is 0 Å². The summed E-state index contributed by atoms with van der Waals surface area (Å²) >= 11 is 0. The molecule has 0 radical (unpaired) electrons. The van der Waals surface area contributed by atoms with Crippen LogP contribution < -0.4 is 22.7 Å². The number of aromatic nitrogens is 2. The zero-order valence-electron chi connectivity index (χ0n) is 12.3. The lowest BCUT2D eigenvalue weighted by Gasteiger charge is -2.13. The molecule has 0 fully saturated rings. The van der Waals surface area contributed by atoms with Gasteiger partial charge < -0.3 is 11.5 Å². The van der Waals surface area contributed by atoms with Gasteiger partial charge in [-0.3, -0.25) is 14.2 Å². The van der Waals surface area contributed by atoms with E-state index in [0.717, 1.165) is 15.6 Å². The maximum absolute atomic E-state index is 12.5. The minimum atomic E-state index is -0.765. The molecule has 22 heavy (non-hydrogen) atoms. The number of rotatable bonds is 4. The fourth-order valence-corrected chi connectivity index (χ4v) is 2.11. The number of carbonyl (C=O) groups is 1. The summed E-state index contributed by atoms with van der Waals surface area (Å²) in [4.78, 5) is 37.0. The van der Waals surface area contributed by atoms with Gasteiger partial charge in [-0.25, -0.2) is 9.36 Å². The first kappa shape index (κ1) is 15.6. The second-order valence-electron chi connectivity index (χ2n) is 4.90. The predicted octanol–water partition coefficient (Wildman–Crippen LogP) is 0.663. The minimum absolute atomic E-state index is 0.195. The van der Waals surface area contributed by atoms with E-state index < -0.39 is 17.2 Å². The van der Waals surface area contributed by atoms with E-state index >= 15 is 0 Å². The van der Waals surface area contributed by atoms with Crippen molar-refractivity contribution in [2.75, 3.05) is 11.5 Å². The summed E-state index contributed by atoms with van der Waals surface area (Å²) in [6.07, 6.45) is 1.42. The van der Waals surface area contributed by atoms with E-state index in [9.17, 15) is 14.4 Å². The van der Waals surface area contributed by atoms with Crippen LogP contribution in [0, 0.1) is 0 Å². The third kappa shape index (κ3) is 2.65. The average molecular weight is 302 g/mol. The molecule has 2 rings (SSSR count). The second-order valence-corrected chi connectivity index (χ2v) is 4.90. The molecule has 7 heteroatoms. The van der Waals surface area contributed by atoms with Crippen LogP contribution >= 0.6 is 0 Å². The van der Waals surface area contributed by atoms with Crippen molar-refractivity contribution in [2.24, 2.45) is 0 Å². The van der Waals surface area contributed by atoms with Gasteiger partial charge >= 0.3 is 5.69 Å². The first-order chi connectivity index (χ1) is 10.5. The summed E-state index contributed by atoms with van der Waals surface area (Å²) in [5.74, 6) is -0.934. The Morgan fingerprint density at radius 1 is 1.14 bits per heavy atom. The maximum atomic E-state index is 12.5. The first-order valence-electron chi connectivity index (χ1n) is 6.99. The molecule has 2 aromatic rings. The lowest BCUT2D eigenvalue weighted by atomic mass is 10.2. The van der Waals surface area contributed by atoms with Crippen LogP contribution in [0.3, 0.4) is 0 Å². The molecule has 1 heterocycles. The van der Waals surface area contributed by atoms with Gasteiger partial charge in [0.05, 0.1) is 0 Å². The number of benzene rings is 1. The Balaban J connectivity index is 2.66. The zero-order chi connectivity index (χ0) is 16.3. The quantitative estimate of drug-likeness (QED) is 0.861. The van der Waals surface area contributed by atoms with E-state index in [-0.39, 0.29) is 23.6 Å². The molecule has 0 amide bonds. The Morgan fingerprint density at radius 3 is 2.36 bits per heavy atom. The zero-order valence-corrected chi connectivity index (χ0v) is 12.3. The molecule has 0 saturated heterocycles. The molecule has 1 aromatic carbocycles. The third-order valence-electron chi connectivity index (χ3n) is 3.37. The van der Waals surface area contributed by atoms with E-state index in [4.69, 9.17) is 11.5 Å². The summed E-state index contributed by atoms with van der Waals surface area (Å²) < 4.78 is 1.71. The maximum Gasteiger partial charge on any atom is 0.339 e. The Hall–Kier alpha value is -2.83. The van der Waals surface area contributed by atoms with Crippen LogP contribution in [0.4, 0.5) is 11.5 Å². The van der Waals surface area contributed by atoms with Gasteiger partial charge in [-0.05, 0) is 18.6 Å². The van der Waals surface area contributed by atoms with E-state index in [1.54, 1.807) is 30.3 Å². The summed E-state index contributed by atoms with van der Waals surface area (Å²) in [5.41, 5.74) is 9.97. The van der Waals surface area contributed by atoms with Crippen LogP contribution in [0.1, 0.15) is 30.1 Å². The lowest BCUT2D eigenvalue weighted by Crippen LogP contribution is -2.44. The Labute approximate surface area is 126 Å². The van der Waals surface area contributed by atoms with Crippen molar-refractivity contribution < 1.29 is 4.79 Å². The van der Waals surface area contributed by atoms with Gasteiger partial charge in [0.2, 0.25) is 0 Å². The minimum Gasteiger partial charge on any atom is -0.391 e. The summed E-state index contributed by atoms with van der Waals surface area (Å²) in [7, 11) is 0. The van der Waals surface area contributed by atoms with Crippen molar-refractivity contribution in [3.63, 3.8) is 0 Å². The molecule has 0 spiro atoms. The highest BCUT2D eigenvalue weighted by atomic mass is 16.2.